The summed E-state index contributed by atoms with van der Waals surface area (Å²) in [7, 11) is 2.25. The second-order valence-corrected chi connectivity index (χ2v) is 8.65. The van der Waals surface area contributed by atoms with Crippen LogP contribution in [0.5, 0.6) is 11.5 Å². The van der Waals surface area contributed by atoms with Crippen molar-refractivity contribution >= 4 is 32.6 Å². The first-order valence-corrected chi connectivity index (χ1v) is 10.1. The Morgan fingerprint density at radius 3 is 2.52 bits per heavy atom. The van der Waals surface area contributed by atoms with Gasteiger partial charge in [-0.25, -0.2) is 12.7 Å². The zero-order valence-electron chi connectivity index (χ0n) is 16.6. The van der Waals surface area contributed by atoms with Crippen molar-refractivity contribution in [3.05, 3.63) is 48.2 Å². The number of furan rings is 1. The summed E-state index contributed by atoms with van der Waals surface area (Å²) in [4.78, 5) is 12.7. The number of amides is 1. The van der Waals surface area contributed by atoms with Gasteiger partial charge in [0.2, 0.25) is 15.9 Å². The normalized spacial score (nSPS) is 11.6. The smallest absolute Gasteiger partial charge is 0.242 e. The van der Waals surface area contributed by atoms with E-state index in [-0.39, 0.29) is 22.9 Å². The quantitative estimate of drug-likeness (QED) is 0.634. The largest absolute Gasteiger partial charge is 0.497 e. The van der Waals surface area contributed by atoms with Crippen molar-refractivity contribution in [2.45, 2.75) is 11.3 Å². The molecule has 1 amide bonds. The first kappa shape index (κ1) is 20.7. The van der Waals surface area contributed by atoms with Crippen molar-refractivity contribution < 1.29 is 27.1 Å². The van der Waals surface area contributed by atoms with Crippen molar-refractivity contribution in [3.8, 4) is 11.5 Å². The number of rotatable bonds is 7. The number of carbonyl (C=O) groups excluding carboxylic acids is 1. The van der Waals surface area contributed by atoms with Crippen LogP contribution < -0.4 is 14.8 Å². The molecule has 0 fully saturated rings. The number of hydrogen-bond acceptors (Lipinski definition) is 6. The lowest BCUT2D eigenvalue weighted by atomic mass is 10.1. The van der Waals surface area contributed by atoms with Gasteiger partial charge in [-0.2, -0.15) is 0 Å². The minimum absolute atomic E-state index is 0.0488. The van der Waals surface area contributed by atoms with E-state index in [1.54, 1.807) is 19.2 Å². The number of carbonyl (C=O) groups is 1. The summed E-state index contributed by atoms with van der Waals surface area (Å²) in [5, 5.41) is 3.53. The zero-order valence-corrected chi connectivity index (χ0v) is 17.4. The number of nitrogens with one attached hydrogen (secondary N) is 1. The average Bonchev–Trinajstić information content (AvgIpc) is 3.09. The molecule has 3 rings (SSSR count). The first-order chi connectivity index (χ1) is 13.8. The van der Waals surface area contributed by atoms with Crippen LogP contribution >= 0.6 is 0 Å². The fourth-order valence-corrected chi connectivity index (χ4v) is 3.78. The van der Waals surface area contributed by atoms with Crippen molar-refractivity contribution in [1.82, 2.24) is 4.31 Å². The molecule has 29 heavy (non-hydrogen) atoms. The van der Waals surface area contributed by atoms with E-state index in [2.05, 4.69) is 5.32 Å². The van der Waals surface area contributed by atoms with Crippen LogP contribution in [-0.2, 0) is 21.2 Å². The molecule has 2 aromatic carbocycles. The van der Waals surface area contributed by atoms with Crippen molar-refractivity contribution in [2.24, 2.45) is 0 Å². The molecule has 0 aliphatic rings. The predicted molar refractivity (Wildman–Crippen MR) is 109 cm³/mol. The molecule has 0 aliphatic carbocycles. The van der Waals surface area contributed by atoms with Gasteiger partial charge in [0.15, 0.2) is 0 Å². The summed E-state index contributed by atoms with van der Waals surface area (Å²) in [6, 6.07) is 9.68. The van der Waals surface area contributed by atoms with Gasteiger partial charge in [0.05, 0.1) is 37.5 Å². The fraction of sp³-hybridized carbons (Fsp3) is 0.250. The van der Waals surface area contributed by atoms with Crippen LogP contribution in [0.1, 0.15) is 5.56 Å². The van der Waals surface area contributed by atoms with Gasteiger partial charge in [-0.3, -0.25) is 4.79 Å². The Labute approximate surface area is 169 Å². The summed E-state index contributed by atoms with van der Waals surface area (Å²) in [6.45, 7) is 0. The van der Waals surface area contributed by atoms with Gasteiger partial charge in [-0.05, 0) is 30.3 Å². The molecule has 0 unspecified atom stereocenters. The highest BCUT2D eigenvalue weighted by Crippen LogP contribution is 2.30. The third-order valence-corrected chi connectivity index (χ3v) is 6.25. The molecule has 0 aliphatic heterocycles. The van der Waals surface area contributed by atoms with Crippen LogP contribution in [0.3, 0.4) is 0 Å². The van der Waals surface area contributed by atoms with E-state index in [1.807, 2.05) is 6.07 Å². The minimum Gasteiger partial charge on any atom is -0.497 e. The summed E-state index contributed by atoms with van der Waals surface area (Å²) >= 11 is 0. The van der Waals surface area contributed by atoms with Gasteiger partial charge >= 0.3 is 0 Å². The first-order valence-electron chi connectivity index (χ1n) is 8.71. The second kappa shape index (κ2) is 8.14. The van der Waals surface area contributed by atoms with Crippen LogP contribution in [0.15, 0.2) is 52.0 Å². The number of nitrogens with zero attached hydrogens (tertiary/aromatic N) is 1. The molecule has 0 bridgehead atoms. The molecule has 0 spiro atoms. The highest BCUT2D eigenvalue weighted by molar-refractivity contribution is 7.89. The van der Waals surface area contributed by atoms with Crippen LogP contribution in [-0.4, -0.2) is 46.9 Å². The van der Waals surface area contributed by atoms with Gasteiger partial charge in [0, 0.05) is 31.1 Å². The molecule has 9 heteroatoms. The van der Waals surface area contributed by atoms with Gasteiger partial charge < -0.3 is 19.2 Å². The van der Waals surface area contributed by atoms with Gasteiger partial charge in [-0.1, -0.05) is 0 Å². The average molecular weight is 418 g/mol. The maximum Gasteiger partial charge on any atom is 0.242 e. The lowest BCUT2D eigenvalue weighted by Crippen LogP contribution is -2.22. The van der Waals surface area contributed by atoms with Crippen molar-refractivity contribution in [1.29, 1.82) is 0 Å². The van der Waals surface area contributed by atoms with Gasteiger partial charge in [0.1, 0.15) is 17.1 Å². The highest BCUT2D eigenvalue weighted by atomic mass is 32.2. The number of fused-ring (bicyclic) bond motifs is 1. The lowest BCUT2D eigenvalue weighted by molar-refractivity contribution is -0.115. The summed E-state index contributed by atoms with van der Waals surface area (Å²) in [5.74, 6) is 0.686. The molecule has 1 heterocycles. The molecule has 0 saturated carbocycles. The third-order valence-electron chi connectivity index (χ3n) is 4.44. The molecular formula is C20H22N2O6S. The molecule has 1 N–H and O–H groups in total. The second-order valence-electron chi connectivity index (χ2n) is 6.50. The standard InChI is InChI=1S/C20H22N2O6S/c1-22(2)29(24,25)15-6-8-18(27-4)17(11-15)21-20(23)9-13-12-28-19-10-14(26-3)5-7-16(13)19/h5-8,10-12H,9H2,1-4H3,(H,21,23). The maximum atomic E-state index is 12.6. The molecular weight excluding hydrogens is 396 g/mol. The summed E-state index contributed by atoms with van der Waals surface area (Å²) in [5.41, 5.74) is 1.59. The van der Waals surface area contributed by atoms with E-state index in [9.17, 15) is 13.2 Å². The molecule has 3 aromatic rings. The molecule has 154 valence electrons. The Bertz CT molecular complexity index is 1150. The van der Waals surface area contributed by atoms with Crippen LogP contribution in [0.2, 0.25) is 0 Å². The molecule has 0 radical (unpaired) electrons. The van der Waals surface area contributed by atoms with Crippen LogP contribution in [0, 0.1) is 0 Å². The Kier molecular flexibility index (Phi) is 5.81. The number of sulfonamides is 1. The highest BCUT2D eigenvalue weighted by Gasteiger charge is 2.20. The topological polar surface area (TPSA) is 98.1 Å². The Hall–Kier alpha value is -3.04. The van der Waals surface area contributed by atoms with Crippen LogP contribution in [0.25, 0.3) is 11.0 Å². The Balaban J connectivity index is 1.85. The number of ether oxygens (including phenoxy) is 2. The maximum absolute atomic E-state index is 12.6. The van der Waals surface area contributed by atoms with Crippen molar-refractivity contribution in [3.63, 3.8) is 0 Å². The lowest BCUT2D eigenvalue weighted by Gasteiger charge is -2.15. The summed E-state index contributed by atoms with van der Waals surface area (Å²) < 4.78 is 41.8. The molecule has 0 atom stereocenters. The predicted octanol–water partition coefficient (Wildman–Crippen LogP) is 2.88. The number of anilines is 1. The SMILES string of the molecule is COc1ccc2c(CC(=O)Nc3cc(S(=O)(=O)N(C)C)ccc3OC)coc2c1. The third kappa shape index (κ3) is 4.20. The fourth-order valence-electron chi connectivity index (χ4n) is 2.85. The molecule has 1 aromatic heterocycles. The minimum atomic E-state index is -3.65. The zero-order chi connectivity index (χ0) is 21.2. The van der Waals surface area contributed by atoms with E-state index in [4.69, 9.17) is 13.9 Å². The van der Waals surface area contributed by atoms with E-state index in [1.165, 1.54) is 45.7 Å². The van der Waals surface area contributed by atoms with E-state index in [0.717, 1.165) is 9.69 Å². The number of hydrogen-bond donors (Lipinski definition) is 1. The number of methoxy groups -OCH3 is 2. The molecule has 8 nitrogen and oxygen atoms in total. The van der Waals surface area contributed by atoms with E-state index in [0.29, 0.717) is 22.6 Å². The van der Waals surface area contributed by atoms with Crippen molar-refractivity contribution in [2.75, 3.05) is 33.6 Å². The Morgan fingerprint density at radius 1 is 1.10 bits per heavy atom. The monoisotopic (exact) mass is 418 g/mol. The van der Waals surface area contributed by atoms with E-state index >= 15 is 0 Å². The summed E-state index contributed by atoms with van der Waals surface area (Å²) in [6.07, 6.45) is 1.57. The number of benzene rings is 2. The van der Waals surface area contributed by atoms with Gasteiger partial charge in [-0.15, -0.1) is 0 Å². The van der Waals surface area contributed by atoms with Crippen LogP contribution in [0.4, 0.5) is 5.69 Å². The van der Waals surface area contributed by atoms with E-state index < -0.39 is 10.0 Å². The Morgan fingerprint density at radius 2 is 1.86 bits per heavy atom. The molecule has 0 saturated heterocycles. The van der Waals surface area contributed by atoms with Gasteiger partial charge in [0.25, 0.3) is 0 Å².